The molecule has 5 nitrogen and oxygen atoms in total. The second kappa shape index (κ2) is 8.20. The maximum absolute atomic E-state index is 12.2. The number of carbonyl (C=O) groups excluding carboxylic acids is 1. The number of nitrogens with zero attached hydrogens (tertiary/aromatic N) is 1. The molecule has 1 fully saturated rings. The van der Waals surface area contributed by atoms with Crippen LogP contribution in [0.5, 0.6) is 0 Å². The van der Waals surface area contributed by atoms with Gasteiger partial charge in [-0.05, 0) is 42.9 Å². The fourth-order valence-electron chi connectivity index (χ4n) is 2.99. The van der Waals surface area contributed by atoms with Gasteiger partial charge in [0.25, 0.3) is 0 Å². The van der Waals surface area contributed by atoms with Crippen molar-refractivity contribution in [1.29, 1.82) is 0 Å². The van der Waals surface area contributed by atoms with Crippen LogP contribution in [0.4, 0.5) is 4.79 Å². The number of hydrogen-bond acceptors (Lipinski definition) is 2. The van der Waals surface area contributed by atoms with Crippen molar-refractivity contribution in [3.05, 3.63) is 34.9 Å². The van der Waals surface area contributed by atoms with Gasteiger partial charge in [0.2, 0.25) is 0 Å². The van der Waals surface area contributed by atoms with E-state index in [9.17, 15) is 9.59 Å². The van der Waals surface area contributed by atoms with Gasteiger partial charge < -0.3 is 15.3 Å². The molecule has 2 rings (SSSR count). The van der Waals surface area contributed by atoms with E-state index in [1.54, 1.807) is 4.90 Å². The number of hydrogen-bond donors (Lipinski definition) is 2. The number of urea groups is 1. The molecule has 2 atom stereocenters. The summed E-state index contributed by atoms with van der Waals surface area (Å²) in [4.78, 5) is 24.9. The van der Waals surface area contributed by atoms with Gasteiger partial charge in [-0.3, -0.25) is 4.79 Å². The summed E-state index contributed by atoms with van der Waals surface area (Å²) in [5.41, 5.74) is 1.14. The van der Waals surface area contributed by atoms with E-state index in [4.69, 9.17) is 16.7 Å². The molecular weight excluding hydrogens is 316 g/mol. The van der Waals surface area contributed by atoms with Crippen LogP contribution < -0.4 is 5.32 Å². The lowest BCUT2D eigenvalue weighted by Gasteiger charge is -2.34. The average molecular weight is 339 g/mol. The first-order chi connectivity index (χ1) is 11.0. The third kappa shape index (κ3) is 5.43. The van der Waals surface area contributed by atoms with Crippen LogP contribution >= 0.6 is 11.6 Å². The van der Waals surface area contributed by atoms with Crippen LogP contribution in [-0.4, -0.2) is 41.6 Å². The molecule has 2 amide bonds. The van der Waals surface area contributed by atoms with Crippen molar-refractivity contribution in [2.45, 2.75) is 26.2 Å². The van der Waals surface area contributed by atoms with Crippen LogP contribution in [0.2, 0.25) is 5.02 Å². The van der Waals surface area contributed by atoms with E-state index in [0.29, 0.717) is 31.1 Å². The Morgan fingerprint density at radius 2 is 2.17 bits per heavy atom. The second-order valence-electron chi connectivity index (χ2n) is 6.25. The molecule has 126 valence electrons. The molecule has 0 saturated carbocycles. The minimum atomic E-state index is -0.824. The minimum absolute atomic E-state index is 0.172. The smallest absolute Gasteiger partial charge is 0.317 e. The number of carbonyl (C=O) groups is 2. The van der Waals surface area contributed by atoms with E-state index in [-0.39, 0.29) is 11.9 Å². The quantitative estimate of drug-likeness (QED) is 0.811. The molecule has 0 spiro atoms. The molecular formula is C17H23ClN2O3. The normalized spacial score (nSPS) is 21.0. The summed E-state index contributed by atoms with van der Waals surface area (Å²) in [6.07, 6.45) is 2.29. The lowest BCUT2D eigenvalue weighted by atomic mass is 9.91. The standard InChI is InChI=1S/C17H23ClN2O3/c1-12-8-14(16(21)22)11-20(10-12)17(23)19-7-3-5-13-4-2-6-15(18)9-13/h2,4,6,9,12,14H,3,5,7-8,10-11H2,1H3,(H,19,23)(H,21,22). The lowest BCUT2D eigenvalue weighted by molar-refractivity contribution is -0.143. The summed E-state index contributed by atoms with van der Waals surface area (Å²) in [6, 6.07) is 7.51. The van der Waals surface area contributed by atoms with Crippen molar-refractivity contribution in [1.82, 2.24) is 10.2 Å². The maximum atomic E-state index is 12.2. The monoisotopic (exact) mass is 338 g/mol. The minimum Gasteiger partial charge on any atom is -0.481 e. The molecule has 1 saturated heterocycles. The number of rotatable bonds is 5. The zero-order valence-electron chi connectivity index (χ0n) is 13.3. The number of halogens is 1. The van der Waals surface area contributed by atoms with Gasteiger partial charge in [-0.15, -0.1) is 0 Å². The molecule has 1 aromatic rings. The maximum Gasteiger partial charge on any atom is 0.317 e. The number of likely N-dealkylation sites (tertiary alicyclic amines) is 1. The van der Waals surface area contributed by atoms with Crippen molar-refractivity contribution in [3.63, 3.8) is 0 Å². The highest BCUT2D eigenvalue weighted by Crippen LogP contribution is 2.21. The van der Waals surface area contributed by atoms with Crippen LogP contribution in [0.25, 0.3) is 0 Å². The van der Waals surface area contributed by atoms with Crippen LogP contribution in [-0.2, 0) is 11.2 Å². The van der Waals surface area contributed by atoms with Gasteiger partial charge >= 0.3 is 12.0 Å². The number of nitrogens with one attached hydrogen (secondary N) is 1. The average Bonchev–Trinajstić information content (AvgIpc) is 2.50. The van der Waals surface area contributed by atoms with Gasteiger partial charge in [0.1, 0.15) is 0 Å². The second-order valence-corrected chi connectivity index (χ2v) is 6.68. The molecule has 23 heavy (non-hydrogen) atoms. The highest BCUT2D eigenvalue weighted by molar-refractivity contribution is 6.30. The van der Waals surface area contributed by atoms with E-state index in [1.807, 2.05) is 31.2 Å². The van der Waals surface area contributed by atoms with E-state index >= 15 is 0 Å². The van der Waals surface area contributed by atoms with E-state index < -0.39 is 11.9 Å². The number of benzene rings is 1. The molecule has 1 heterocycles. The van der Waals surface area contributed by atoms with Crippen LogP contribution in [0, 0.1) is 11.8 Å². The molecule has 0 aliphatic carbocycles. The largest absolute Gasteiger partial charge is 0.481 e. The Labute approximate surface area is 141 Å². The predicted molar refractivity (Wildman–Crippen MR) is 89.7 cm³/mol. The summed E-state index contributed by atoms with van der Waals surface area (Å²) in [6.45, 7) is 3.45. The Balaban J connectivity index is 1.75. The Hall–Kier alpha value is -1.75. The summed E-state index contributed by atoms with van der Waals surface area (Å²) in [5.74, 6) is -1.08. The summed E-state index contributed by atoms with van der Waals surface area (Å²) < 4.78 is 0. The van der Waals surface area contributed by atoms with E-state index in [2.05, 4.69) is 5.32 Å². The molecule has 1 aliphatic rings. The summed E-state index contributed by atoms with van der Waals surface area (Å²) in [7, 11) is 0. The van der Waals surface area contributed by atoms with Crippen molar-refractivity contribution in [2.24, 2.45) is 11.8 Å². The van der Waals surface area contributed by atoms with Crippen LogP contribution in [0.3, 0.4) is 0 Å². The van der Waals surface area contributed by atoms with Gasteiger partial charge in [0.05, 0.1) is 5.92 Å². The number of carboxylic acid groups (broad SMARTS) is 1. The fraction of sp³-hybridized carbons (Fsp3) is 0.529. The number of amides is 2. The van der Waals surface area contributed by atoms with Crippen molar-refractivity contribution in [2.75, 3.05) is 19.6 Å². The van der Waals surface area contributed by atoms with E-state index in [0.717, 1.165) is 18.4 Å². The first-order valence-corrected chi connectivity index (χ1v) is 8.33. The van der Waals surface area contributed by atoms with Gasteiger partial charge in [-0.2, -0.15) is 0 Å². The first-order valence-electron chi connectivity index (χ1n) is 7.95. The first kappa shape index (κ1) is 17.6. The SMILES string of the molecule is CC1CC(C(=O)O)CN(C(=O)NCCCc2cccc(Cl)c2)C1. The van der Waals surface area contributed by atoms with Crippen LogP contribution in [0.15, 0.2) is 24.3 Å². The number of aryl methyl sites for hydroxylation is 1. The highest BCUT2D eigenvalue weighted by Gasteiger charge is 2.31. The summed E-state index contributed by atoms with van der Waals surface area (Å²) >= 11 is 5.94. The third-order valence-corrected chi connectivity index (χ3v) is 4.34. The number of aliphatic carboxylic acids is 1. The van der Waals surface area contributed by atoms with E-state index in [1.165, 1.54) is 0 Å². The predicted octanol–water partition coefficient (Wildman–Crippen LogP) is 3.02. The van der Waals surface area contributed by atoms with Gasteiger partial charge in [0, 0.05) is 24.7 Å². The number of piperidine rings is 1. The van der Waals surface area contributed by atoms with Gasteiger partial charge in [-0.25, -0.2) is 4.79 Å². The molecule has 1 aliphatic heterocycles. The third-order valence-electron chi connectivity index (χ3n) is 4.10. The Kier molecular flexibility index (Phi) is 6.28. The molecule has 6 heteroatoms. The molecule has 2 N–H and O–H groups in total. The zero-order chi connectivity index (χ0) is 16.8. The topological polar surface area (TPSA) is 69.6 Å². The van der Waals surface area contributed by atoms with Crippen molar-refractivity contribution < 1.29 is 14.7 Å². The zero-order valence-corrected chi connectivity index (χ0v) is 14.1. The summed E-state index contributed by atoms with van der Waals surface area (Å²) in [5, 5.41) is 12.7. The fourth-order valence-corrected chi connectivity index (χ4v) is 3.20. The van der Waals surface area contributed by atoms with Crippen molar-refractivity contribution >= 4 is 23.6 Å². The molecule has 0 aromatic heterocycles. The molecule has 2 unspecified atom stereocenters. The van der Waals surface area contributed by atoms with Gasteiger partial charge in [-0.1, -0.05) is 30.7 Å². The van der Waals surface area contributed by atoms with Crippen LogP contribution in [0.1, 0.15) is 25.3 Å². The lowest BCUT2D eigenvalue weighted by Crippen LogP contribution is -2.49. The molecule has 0 radical (unpaired) electrons. The van der Waals surface area contributed by atoms with Crippen molar-refractivity contribution in [3.8, 4) is 0 Å². The molecule has 1 aromatic carbocycles. The van der Waals surface area contributed by atoms with Gasteiger partial charge in [0.15, 0.2) is 0 Å². The number of carboxylic acids is 1. The Morgan fingerprint density at radius 3 is 2.87 bits per heavy atom. The Bertz CT molecular complexity index is 565. The Morgan fingerprint density at radius 1 is 1.39 bits per heavy atom. The molecule has 0 bridgehead atoms. The highest BCUT2D eigenvalue weighted by atomic mass is 35.5.